The van der Waals surface area contributed by atoms with Crippen molar-refractivity contribution in [3.63, 3.8) is 0 Å². The van der Waals surface area contributed by atoms with Crippen LogP contribution in [-0.2, 0) is 13.1 Å². The van der Waals surface area contributed by atoms with Crippen molar-refractivity contribution in [1.29, 1.82) is 0 Å². The summed E-state index contributed by atoms with van der Waals surface area (Å²) < 4.78 is 10.6. The first-order valence-corrected chi connectivity index (χ1v) is 7.57. The molecule has 25 heavy (non-hydrogen) atoms. The van der Waals surface area contributed by atoms with E-state index >= 15 is 0 Å². The number of fused-ring (bicyclic) bond motifs is 1. The summed E-state index contributed by atoms with van der Waals surface area (Å²) in [6.45, 7) is 1.07. The molecule has 0 amide bonds. The van der Waals surface area contributed by atoms with E-state index in [0.29, 0.717) is 24.3 Å². The molecule has 9 heteroatoms. The molecule has 0 aliphatic rings. The first kappa shape index (κ1) is 16.7. The third-order valence-corrected chi connectivity index (χ3v) is 3.61. The van der Waals surface area contributed by atoms with E-state index in [2.05, 4.69) is 25.3 Å². The van der Waals surface area contributed by atoms with Gasteiger partial charge >= 0.3 is 0 Å². The minimum absolute atomic E-state index is 0.0790. The van der Waals surface area contributed by atoms with Crippen LogP contribution in [0.2, 0.25) is 0 Å². The van der Waals surface area contributed by atoms with Gasteiger partial charge in [0, 0.05) is 18.7 Å². The number of nitrogens with one attached hydrogen (secondary N) is 1. The second-order valence-corrected chi connectivity index (χ2v) is 5.28. The van der Waals surface area contributed by atoms with Gasteiger partial charge < -0.3 is 26.3 Å². The molecule has 9 nitrogen and oxygen atoms in total. The standard InChI is InChI=1S/C16H19N7O2/c1-24-11-3-4-12(25-2)9(5-11)6-19-7-10-8-20-15-13(21-10)14(17)22-16(18)23-15/h3-5,8,19H,6-7H2,1-2H3,(H4,17,18,20,22,23). The average Bonchev–Trinajstić information content (AvgIpc) is 2.62. The molecule has 130 valence electrons. The summed E-state index contributed by atoms with van der Waals surface area (Å²) in [5.41, 5.74) is 13.9. The summed E-state index contributed by atoms with van der Waals surface area (Å²) in [7, 11) is 3.26. The van der Waals surface area contributed by atoms with Gasteiger partial charge in [-0.2, -0.15) is 9.97 Å². The highest BCUT2D eigenvalue weighted by Gasteiger charge is 2.08. The Balaban J connectivity index is 1.73. The van der Waals surface area contributed by atoms with Gasteiger partial charge in [-0.25, -0.2) is 9.97 Å². The molecular formula is C16H19N7O2. The topological polar surface area (TPSA) is 134 Å². The van der Waals surface area contributed by atoms with Crippen molar-refractivity contribution in [3.8, 4) is 11.5 Å². The van der Waals surface area contributed by atoms with Gasteiger partial charge in [-0.3, -0.25) is 0 Å². The van der Waals surface area contributed by atoms with E-state index < -0.39 is 0 Å². The largest absolute Gasteiger partial charge is 0.497 e. The van der Waals surface area contributed by atoms with Crippen LogP contribution in [0.5, 0.6) is 11.5 Å². The Bertz CT molecular complexity index is 901. The quantitative estimate of drug-likeness (QED) is 0.597. The summed E-state index contributed by atoms with van der Waals surface area (Å²) in [6.07, 6.45) is 1.63. The van der Waals surface area contributed by atoms with E-state index in [4.69, 9.17) is 20.9 Å². The van der Waals surface area contributed by atoms with E-state index in [-0.39, 0.29) is 11.8 Å². The molecule has 0 radical (unpaired) electrons. The highest BCUT2D eigenvalue weighted by Crippen LogP contribution is 2.23. The van der Waals surface area contributed by atoms with Crippen molar-refractivity contribution < 1.29 is 9.47 Å². The Kier molecular flexibility index (Phi) is 4.75. The maximum Gasteiger partial charge on any atom is 0.224 e. The molecule has 2 aromatic heterocycles. The maximum absolute atomic E-state index is 5.83. The number of nitrogens with two attached hydrogens (primary N) is 2. The molecule has 0 saturated heterocycles. The molecule has 0 fully saturated rings. The van der Waals surface area contributed by atoms with Gasteiger partial charge in [-0.1, -0.05) is 0 Å². The van der Waals surface area contributed by atoms with Crippen LogP contribution in [0.1, 0.15) is 11.3 Å². The Morgan fingerprint density at radius 1 is 1.04 bits per heavy atom. The van der Waals surface area contributed by atoms with Crippen molar-refractivity contribution in [3.05, 3.63) is 35.7 Å². The van der Waals surface area contributed by atoms with E-state index in [0.717, 1.165) is 22.8 Å². The van der Waals surface area contributed by atoms with Crippen molar-refractivity contribution in [2.45, 2.75) is 13.1 Å². The monoisotopic (exact) mass is 341 g/mol. The molecule has 0 spiro atoms. The maximum atomic E-state index is 5.83. The molecule has 0 aliphatic carbocycles. The van der Waals surface area contributed by atoms with Gasteiger partial charge in [-0.15, -0.1) is 0 Å². The lowest BCUT2D eigenvalue weighted by molar-refractivity contribution is 0.397. The molecule has 3 aromatic rings. The van der Waals surface area contributed by atoms with Crippen molar-refractivity contribution in [1.82, 2.24) is 25.3 Å². The molecular weight excluding hydrogens is 322 g/mol. The van der Waals surface area contributed by atoms with Crippen LogP contribution in [-0.4, -0.2) is 34.2 Å². The zero-order valence-corrected chi connectivity index (χ0v) is 14.0. The first-order chi connectivity index (χ1) is 12.1. The van der Waals surface area contributed by atoms with Crippen LogP contribution in [0.15, 0.2) is 24.4 Å². The van der Waals surface area contributed by atoms with Crippen LogP contribution in [0.3, 0.4) is 0 Å². The molecule has 1 aromatic carbocycles. The normalized spacial score (nSPS) is 10.8. The van der Waals surface area contributed by atoms with Gasteiger partial charge in [0.15, 0.2) is 17.0 Å². The predicted octanol–water partition coefficient (Wildman–Crippen LogP) is 0.891. The minimum Gasteiger partial charge on any atom is -0.497 e. The summed E-state index contributed by atoms with van der Waals surface area (Å²) >= 11 is 0. The fraction of sp³-hybridized carbons (Fsp3) is 0.250. The number of hydrogen-bond donors (Lipinski definition) is 3. The Hall–Kier alpha value is -3.20. The summed E-state index contributed by atoms with van der Waals surface area (Å²) in [5.74, 6) is 1.85. The van der Waals surface area contributed by atoms with E-state index in [1.165, 1.54) is 0 Å². The highest BCUT2D eigenvalue weighted by atomic mass is 16.5. The molecule has 0 saturated carbocycles. The van der Waals surface area contributed by atoms with Gasteiger partial charge in [0.1, 0.15) is 11.5 Å². The van der Waals surface area contributed by atoms with Gasteiger partial charge in [0.05, 0.1) is 26.1 Å². The molecule has 0 bridgehead atoms. The molecule has 0 atom stereocenters. The summed E-state index contributed by atoms with van der Waals surface area (Å²) in [4.78, 5) is 16.6. The molecule has 0 aliphatic heterocycles. The lowest BCUT2D eigenvalue weighted by Gasteiger charge is -2.11. The SMILES string of the molecule is COc1ccc(OC)c(CNCc2cnc3nc(N)nc(N)c3n2)c1. The van der Waals surface area contributed by atoms with E-state index in [9.17, 15) is 0 Å². The second-order valence-electron chi connectivity index (χ2n) is 5.28. The second kappa shape index (κ2) is 7.14. The summed E-state index contributed by atoms with van der Waals surface area (Å²) in [5, 5.41) is 3.30. The zero-order valence-electron chi connectivity index (χ0n) is 14.0. The lowest BCUT2D eigenvalue weighted by atomic mass is 10.2. The Morgan fingerprint density at radius 2 is 1.88 bits per heavy atom. The number of nitrogen functional groups attached to an aromatic ring is 2. The number of ether oxygens (including phenoxy) is 2. The fourth-order valence-electron chi connectivity index (χ4n) is 2.41. The van der Waals surface area contributed by atoms with Crippen molar-refractivity contribution in [2.75, 3.05) is 25.7 Å². The number of anilines is 2. The summed E-state index contributed by atoms with van der Waals surface area (Å²) in [6, 6.07) is 5.65. The zero-order chi connectivity index (χ0) is 17.8. The van der Waals surface area contributed by atoms with Crippen molar-refractivity contribution >= 4 is 22.9 Å². The van der Waals surface area contributed by atoms with Crippen molar-refractivity contribution in [2.24, 2.45) is 0 Å². The smallest absolute Gasteiger partial charge is 0.224 e. The van der Waals surface area contributed by atoms with Gasteiger partial charge in [0.25, 0.3) is 0 Å². The number of nitrogens with zero attached hydrogens (tertiary/aromatic N) is 4. The third kappa shape index (κ3) is 3.66. The minimum atomic E-state index is 0.0790. The number of aromatic nitrogens is 4. The van der Waals surface area contributed by atoms with E-state index in [1.807, 2.05) is 18.2 Å². The lowest BCUT2D eigenvalue weighted by Crippen LogP contribution is -2.15. The van der Waals surface area contributed by atoms with Crippen LogP contribution in [0.4, 0.5) is 11.8 Å². The fourth-order valence-corrected chi connectivity index (χ4v) is 2.41. The molecule has 2 heterocycles. The van der Waals surface area contributed by atoms with Gasteiger partial charge in [0.2, 0.25) is 5.95 Å². The molecule has 3 rings (SSSR count). The van der Waals surface area contributed by atoms with Crippen LogP contribution in [0.25, 0.3) is 11.2 Å². The van der Waals surface area contributed by atoms with E-state index in [1.54, 1.807) is 20.4 Å². The number of rotatable bonds is 6. The van der Waals surface area contributed by atoms with Crippen LogP contribution in [0, 0.1) is 0 Å². The molecule has 0 unspecified atom stereocenters. The molecule has 5 N–H and O–H groups in total. The first-order valence-electron chi connectivity index (χ1n) is 7.57. The number of hydrogen-bond acceptors (Lipinski definition) is 9. The third-order valence-electron chi connectivity index (χ3n) is 3.61. The number of methoxy groups -OCH3 is 2. The van der Waals surface area contributed by atoms with Crippen LogP contribution < -0.4 is 26.3 Å². The number of benzene rings is 1. The average molecular weight is 341 g/mol. The highest BCUT2D eigenvalue weighted by molar-refractivity contribution is 5.81. The Morgan fingerprint density at radius 3 is 2.64 bits per heavy atom. The van der Waals surface area contributed by atoms with Crippen LogP contribution >= 0.6 is 0 Å². The predicted molar refractivity (Wildman–Crippen MR) is 94.0 cm³/mol. The van der Waals surface area contributed by atoms with Gasteiger partial charge in [-0.05, 0) is 18.2 Å². The Labute approximate surface area is 144 Å².